The smallest absolute Gasteiger partial charge is 0.251 e. The van der Waals surface area contributed by atoms with Crippen molar-refractivity contribution in [1.29, 1.82) is 0 Å². The normalized spacial score (nSPS) is 23.7. The van der Waals surface area contributed by atoms with Crippen molar-refractivity contribution in [3.05, 3.63) is 51.2 Å². The number of halogens is 1. The molecule has 0 N–H and O–H groups in total. The van der Waals surface area contributed by atoms with Crippen LogP contribution in [0, 0.1) is 5.92 Å². The van der Waals surface area contributed by atoms with Crippen LogP contribution < -0.4 is 5.56 Å². The van der Waals surface area contributed by atoms with Gasteiger partial charge < -0.3 is 18.9 Å². The Bertz CT molecular complexity index is 922. The van der Waals surface area contributed by atoms with Gasteiger partial charge in [-0.05, 0) is 32.5 Å². The maximum Gasteiger partial charge on any atom is 0.251 e. The molecule has 2 aliphatic rings. The van der Waals surface area contributed by atoms with Gasteiger partial charge in [0.15, 0.2) is 5.15 Å². The molecule has 4 rings (SSSR count). The van der Waals surface area contributed by atoms with Crippen LogP contribution in [0.3, 0.4) is 0 Å². The highest BCUT2D eigenvalue weighted by molar-refractivity contribution is 6.29. The van der Waals surface area contributed by atoms with Crippen LogP contribution in [0.4, 0.5) is 0 Å². The molecule has 1 amide bonds. The van der Waals surface area contributed by atoms with E-state index in [1.165, 1.54) is 0 Å². The highest BCUT2D eigenvalue weighted by Gasteiger charge is 2.41. The van der Waals surface area contributed by atoms with Crippen molar-refractivity contribution in [3.8, 4) is 0 Å². The van der Waals surface area contributed by atoms with Gasteiger partial charge in [-0.3, -0.25) is 9.59 Å². The van der Waals surface area contributed by atoms with Crippen molar-refractivity contribution in [2.75, 3.05) is 33.7 Å². The van der Waals surface area contributed by atoms with E-state index in [0.717, 1.165) is 18.7 Å². The van der Waals surface area contributed by atoms with Gasteiger partial charge in [0, 0.05) is 56.2 Å². The molecule has 28 heavy (non-hydrogen) atoms. The molecule has 4 heterocycles. The molecule has 7 nitrogen and oxygen atoms in total. The van der Waals surface area contributed by atoms with Gasteiger partial charge in [0.25, 0.3) is 5.56 Å². The van der Waals surface area contributed by atoms with E-state index in [2.05, 4.69) is 10.1 Å². The minimum absolute atomic E-state index is 0.0565. The second-order valence-electron chi connectivity index (χ2n) is 8.10. The number of fused-ring (bicyclic) bond motifs is 4. The molecule has 0 radical (unpaired) electrons. The molecule has 2 aliphatic heterocycles. The molecule has 2 bridgehead atoms. The van der Waals surface area contributed by atoms with E-state index in [1.807, 2.05) is 35.7 Å². The van der Waals surface area contributed by atoms with Crippen molar-refractivity contribution in [2.45, 2.75) is 31.2 Å². The van der Waals surface area contributed by atoms with E-state index in [0.29, 0.717) is 36.8 Å². The summed E-state index contributed by atoms with van der Waals surface area (Å²) in [5.74, 6) is 1.21. The zero-order valence-corrected chi connectivity index (χ0v) is 16.9. The molecule has 2 aromatic rings. The zero-order valence-electron chi connectivity index (χ0n) is 16.2. The Labute approximate surface area is 168 Å². The predicted octanol–water partition coefficient (Wildman–Crippen LogP) is 2.17. The summed E-state index contributed by atoms with van der Waals surface area (Å²) in [6, 6.07) is 7.23. The second-order valence-corrected chi connectivity index (χ2v) is 8.48. The Hall–Kier alpha value is -2.12. The Morgan fingerprint density at radius 1 is 1.36 bits per heavy atom. The first-order chi connectivity index (χ1) is 13.4. The number of amides is 1. The lowest BCUT2D eigenvalue weighted by atomic mass is 9.78. The summed E-state index contributed by atoms with van der Waals surface area (Å²) < 4.78 is 7.07. The van der Waals surface area contributed by atoms with E-state index in [9.17, 15) is 9.59 Å². The molecule has 0 saturated carbocycles. The SMILES string of the molecule is CN(C)C[C@H]1[C@H]2C[C@H](CN(C(=O)CCc3cc(Cl)no3)C2)c2cccc(=O)n21. The van der Waals surface area contributed by atoms with Gasteiger partial charge in [0.2, 0.25) is 5.91 Å². The van der Waals surface area contributed by atoms with Crippen LogP contribution in [0.1, 0.15) is 36.3 Å². The second kappa shape index (κ2) is 7.72. The van der Waals surface area contributed by atoms with Crippen LogP contribution in [0.25, 0.3) is 0 Å². The third-order valence-corrected chi connectivity index (χ3v) is 6.00. The van der Waals surface area contributed by atoms with E-state index in [1.54, 1.807) is 12.1 Å². The van der Waals surface area contributed by atoms with Gasteiger partial charge in [0.1, 0.15) is 5.76 Å². The van der Waals surface area contributed by atoms with Crippen molar-refractivity contribution in [2.24, 2.45) is 5.92 Å². The molecule has 2 aromatic heterocycles. The molecule has 1 fully saturated rings. The van der Waals surface area contributed by atoms with Crippen molar-refractivity contribution in [3.63, 3.8) is 0 Å². The molecule has 3 atom stereocenters. The Morgan fingerprint density at radius 2 is 2.18 bits per heavy atom. The Kier molecular flexibility index (Phi) is 5.29. The number of pyridine rings is 1. The maximum atomic E-state index is 12.9. The standard InChI is InChI=1S/C20H25ClN4O3/c1-23(2)12-17-14-8-13(16-4-3-5-20(27)25(16)17)10-24(11-14)19(26)7-6-15-9-18(21)22-28-15/h3-5,9,13-14,17H,6-8,10-12H2,1-2H3/t13-,14+,17+/m1/s1. The van der Waals surface area contributed by atoms with Crippen LogP contribution in [0.15, 0.2) is 33.6 Å². The van der Waals surface area contributed by atoms with Crippen molar-refractivity contribution < 1.29 is 9.32 Å². The van der Waals surface area contributed by atoms with Gasteiger partial charge in [-0.2, -0.15) is 0 Å². The van der Waals surface area contributed by atoms with Crippen LogP contribution >= 0.6 is 11.6 Å². The molecular formula is C20H25ClN4O3. The molecule has 1 saturated heterocycles. The molecule has 8 heteroatoms. The average Bonchev–Trinajstić information content (AvgIpc) is 3.08. The summed E-state index contributed by atoms with van der Waals surface area (Å²) in [5, 5.41) is 3.96. The summed E-state index contributed by atoms with van der Waals surface area (Å²) in [5.41, 5.74) is 1.11. The summed E-state index contributed by atoms with van der Waals surface area (Å²) in [4.78, 5) is 29.5. The number of rotatable bonds is 5. The van der Waals surface area contributed by atoms with Gasteiger partial charge in [-0.1, -0.05) is 22.8 Å². The molecular weight excluding hydrogens is 380 g/mol. The van der Waals surface area contributed by atoms with Crippen molar-refractivity contribution in [1.82, 2.24) is 19.5 Å². The number of carbonyl (C=O) groups is 1. The zero-order chi connectivity index (χ0) is 19.8. The van der Waals surface area contributed by atoms with E-state index in [4.69, 9.17) is 16.1 Å². The summed E-state index contributed by atoms with van der Waals surface area (Å²) in [6.45, 7) is 2.13. The first-order valence-electron chi connectivity index (χ1n) is 9.67. The Balaban J connectivity index is 1.54. The van der Waals surface area contributed by atoms with Gasteiger partial charge >= 0.3 is 0 Å². The number of likely N-dealkylation sites (tertiary alicyclic amines) is 1. The lowest BCUT2D eigenvalue weighted by Gasteiger charge is -2.47. The number of aromatic nitrogens is 2. The van der Waals surface area contributed by atoms with Gasteiger partial charge in [-0.25, -0.2) is 0 Å². The minimum Gasteiger partial charge on any atom is -0.360 e. The number of hydrogen-bond acceptors (Lipinski definition) is 5. The molecule has 0 aliphatic carbocycles. The first-order valence-corrected chi connectivity index (χ1v) is 10.0. The highest BCUT2D eigenvalue weighted by Crippen LogP contribution is 2.41. The lowest BCUT2D eigenvalue weighted by molar-refractivity contribution is -0.134. The number of aryl methyl sites for hydroxylation is 1. The number of hydrogen-bond donors (Lipinski definition) is 0. The van der Waals surface area contributed by atoms with Gasteiger partial charge in [-0.15, -0.1) is 0 Å². The fourth-order valence-corrected chi connectivity index (χ4v) is 4.81. The third-order valence-electron chi connectivity index (χ3n) is 5.82. The predicted molar refractivity (Wildman–Crippen MR) is 106 cm³/mol. The fourth-order valence-electron chi connectivity index (χ4n) is 4.65. The highest BCUT2D eigenvalue weighted by atomic mass is 35.5. The molecule has 0 aromatic carbocycles. The summed E-state index contributed by atoms with van der Waals surface area (Å²) in [6.07, 6.45) is 1.87. The number of carbonyl (C=O) groups excluding carboxylic acids is 1. The van der Waals surface area contributed by atoms with E-state index < -0.39 is 0 Å². The molecule has 0 unspecified atom stereocenters. The van der Waals surface area contributed by atoms with Crippen LogP contribution in [0.5, 0.6) is 0 Å². The number of likely N-dealkylation sites (N-methyl/N-ethyl adjacent to an activating group) is 1. The lowest BCUT2D eigenvalue weighted by Crippen LogP contribution is -2.52. The van der Waals surface area contributed by atoms with Crippen LogP contribution in [-0.2, 0) is 11.2 Å². The third kappa shape index (κ3) is 3.73. The fraction of sp³-hybridized carbons (Fsp3) is 0.550. The summed E-state index contributed by atoms with van der Waals surface area (Å²) >= 11 is 5.78. The minimum atomic E-state index is 0.0565. The average molecular weight is 405 g/mol. The van der Waals surface area contributed by atoms with Crippen molar-refractivity contribution >= 4 is 17.5 Å². The van der Waals surface area contributed by atoms with Crippen LogP contribution in [0.2, 0.25) is 5.15 Å². The largest absolute Gasteiger partial charge is 0.360 e. The first kappa shape index (κ1) is 19.2. The van der Waals surface area contributed by atoms with Gasteiger partial charge in [0.05, 0.1) is 6.04 Å². The quantitative estimate of drug-likeness (QED) is 0.763. The monoisotopic (exact) mass is 404 g/mol. The number of nitrogens with zero attached hydrogens (tertiary/aromatic N) is 4. The molecule has 150 valence electrons. The molecule has 0 spiro atoms. The van der Waals surface area contributed by atoms with E-state index >= 15 is 0 Å². The van der Waals surface area contributed by atoms with Crippen LogP contribution in [-0.4, -0.2) is 59.2 Å². The van der Waals surface area contributed by atoms with E-state index in [-0.39, 0.29) is 29.3 Å². The maximum absolute atomic E-state index is 12.9. The summed E-state index contributed by atoms with van der Waals surface area (Å²) in [7, 11) is 4.04. The Morgan fingerprint density at radius 3 is 2.89 bits per heavy atom. The topological polar surface area (TPSA) is 71.6 Å². The number of piperidine rings is 1.